The number of carboxylic acids is 1. The Morgan fingerprint density at radius 2 is 1.75 bits per heavy atom. The first-order valence-electron chi connectivity index (χ1n) is 7.67. The van der Waals surface area contributed by atoms with E-state index in [0.29, 0.717) is 5.82 Å². The van der Waals surface area contributed by atoms with Crippen LogP contribution in [-0.4, -0.2) is 37.4 Å². The van der Waals surface area contributed by atoms with Crippen LogP contribution in [0.2, 0.25) is 0 Å². The number of nitrogens with zero attached hydrogens (tertiary/aromatic N) is 4. The van der Waals surface area contributed by atoms with Gasteiger partial charge in [-0.2, -0.15) is 0 Å². The number of halogens is 3. The lowest BCUT2D eigenvalue weighted by Crippen LogP contribution is -2.17. The summed E-state index contributed by atoms with van der Waals surface area (Å²) in [6.45, 7) is -0.0653. The summed E-state index contributed by atoms with van der Waals surface area (Å²) in [5.74, 6) is -1.42. The molecule has 0 aliphatic heterocycles. The van der Waals surface area contributed by atoms with E-state index < -0.39 is 18.1 Å². The Morgan fingerprint density at radius 1 is 1.07 bits per heavy atom. The van der Waals surface area contributed by atoms with Gasteiger partial charge in [0.1, 0.15) is 18.1 Å². The van der Waals surface area contributed by atoms with Crippen LogP contribution in [0, 0.1) is 0 Å². The third kappa shape index (κ3) is 4.90. The highest BCUT2D eigenvalue weighted by Gasteiger charge is 2.31. The van der Waals surface area contributed by atoms with E-state index in [-0.39, 0.29) is 29.4 Å². The molecule has 8 nitrogen and oxygen atoms in total. The van der Waals surface area contributed by atoms with E-state index in [4.69, 9.17) is 9.84 Å². The van der Waals surface area contributed by atoms with Gasteiger partial charge in [-0.25, -0.2) is 24.7 Å². The van der Waals surface area contributed by atoms with Crippen molar-refractivity contribution in [3.05, 3.63) is 60.4 Å². The van der Waals surface area contributed by atoms with E-state index >= 15 is 0 Å². The third-order valence-electron chi connectivity index (χ3n) is 3.28. The molecule has 0 unspecified atom stereocenters. The normalized spacial score (nSPS) is 11.1. The first-order valence-corrected chi connectivity index (χ1v) is 7.67. The maximum atomic E-state index is 12.3. The molecule has 3 aromatic rings. The second-order valence-corrected chi connectivity index (χ2v) is 5.24. The van der Waals surface area contributed by atoms with Crippen molar-refractivity contribution in [1.82, 2.24) is 19.9 Å². The molecule has 2 heterocycles. The molecule has 144 valence electrons. The van der Waals surface area contributed by atoms with Gasteiger partial charge < -0.3 is 14.6 Å². The van der Waals surface area contributed by atoms with E-state index in [2.05, 4.69) is 24.7 Å². The summed E-state index contributed by atoms with van der Waals surface area (Å²) in [4.78, 5) is 27.1. The first-order chi connectivity index (χ1) is 13.3. The van der Waals surface area contributed by atoms with Gasteiger partial charge in [0.2, 0.25) is 5.88 Å². The zero-order valence-electron chi connectivity index (χ0n) is 13.9. The molecule has 0 aliphatic rings. The number of ether oxygens (including phenoxy) is 2. The maximum absolute atomic E-state index is 12.3. The summed E-state index contributed by atoms with van der Waals surface area (Å²) in [5.41, 5.74) is -0.0302. The van der Waals surface area contributed by atoms with Gasteiger partial charge in [0.05, 0.1) is 6.20 Å². The molecule has 0 fully saturated rings. The van der Waals surface area contributed by atoms with Crippen LogP contribution in [0.1, 0.15) is 16.3 Å². The van der Waals surface area contributed by atoms with Crippen LogP contribution in [0.25, 0.3) is 11.3 Å². The fraction of sp³-hybridized carbons (Fsp3) is 0.118. The van der Waals surface area contributed by atoms with Crippen molar-refractivity contribution in [2.75, 3.05) is 0 Å². The van der Waals surface area contributed by atoms with Gasteiger partial charge >= 0.3 is 12.3 Å². The van der Waals surface area contributed by atoms with Crippen LogP contribution < -0.4 is 9.47 Å². The topological polar surface area (TPSA) is 107 Å². The molecule has 0 saturated carbocycles. The zero-order chi connectivity index (χ0) is 20.1. The highest BCUT2D eigenvalue weighted by Crippen LogP contribution is 2.30. The second-order valence-electron chi connectivity index (χ2n) is 5.24. The number of alkyl halides is 3. The van der Waals surface area contributed by atoms with Gasteiger partial charge in [0, 0.05) is 18.0 Å². The van der Waals surface area contributed by atoms with Crippen molar-refractivity contribution in [2.45, 2.75) is 13.0 Å². The molecule has 11 heteroatoms. The molecule has 1 N–H and O–H groups in total. The Hall–Kier alpha value is -3.76. The van der Waals surface area contributed by atoms with Crippen molar-refractivity contribution in [2.24, 2.45) is 0 Å². The van der Waals surface area contributed by atoms with Gasteiger partial charge in [0.15, 0.2) is 11.5 Å². The monoisotopic (exact) mass is 392 g/mol. The molecule has 0 amide bonds. The lowest BCUT2D eigenvalue weighted by Gasteiger charge is -2.11. The molecule has 0 saturated heterocycles. The minimum atomic E-state index is -4.82. The number of carboxylic acid groups (broad SMARTS) is 1. The average molecular weight is 392 g/mol. The standard InChI is InChI=1S/C17H11F3N4O4/c18-17(19,20)28-11-4-2-10(3-5-11)14-15(23-8-12(24-14)16(25)26)27-9-13-21-6-1-7-22-13/h1-8H,9H2,(H,25,26). The minimum Gasteiger partial charge on any atom is -0.476 e. The van der Waals surface area contributed by atoms with Crippen LogP contribution in [0.4, 0.5) is 13.2 Å². The van der Waals surface area contributed by atoms with E-state index in [9.17, 15) is 18.0 Å². The largest absolute Gasteiger partial charge is 0.573 e. The van der Waals surface area contributed by atoms with Crippen LogP contribution in [0.3, 0.4) is 0 Å². The molecule has 0 aliphatic carbocycles. The van der Waals surface area contributed by atoms with Gasteiger partial charge in [-0.1, -0.05) is 0 Å². The summed E-state index contributed by atoms with van der Waals surface area (Å²) in [6, 6.07) is 6.33. The Morgan fingerprint density at radius 3 is 2.36 bits per heavy atom. The van der Waals surface area contributed by atoms with Gasteiger partial charge in [0.25, 0.3) is 0 Å². The Labute approximate surface area is 155 Å². The number of aromatic carboxylic acids is 1. The van der Waals surface area contributed by atoms with E-state index in [1.165, 1.54) is 24.5 Å². The van der Waals surface area contributed by atoms with Crippen molar-refractivity contribution < 1.29 is 32.5 Å². The molecule has 0 radical (unpaired) electrons. The van der Waals surface area contributed by atoms with Crippen molar-refractivity contribution in [3.8, 4) is 22.9 Å². The molecule has 1 aromatic carbocycles. The molecule has 3 rings (SSSR count). The summed E-state index contributed by atoms with van der Waals surface area (Å²) >= 11 is 0. The number of carbonyl (C=O) groups is 1. The van der Waals surface area contributed by atoms with Crippen LogP contribution >= 0.6 is 0 Å². The summed E-state index contributed by atoms with van der Waals surface area (Å²) in [6.07, 6.45) is -0.779. The maximum Gasteiger partial charge on any atom is 0.573 e. The van der Waals surface area contributed by atoms with Crippen molar-refractivity contribution >= 4 is 5.97 Å². The van der Waals surface area contributed by atoms with Crippen LogP contribution in [-0.2, 0) is 6.61 Å². The molecular weight excluding hydrogens is 381 g/mol. The zero-order valence-corrected chi connectivity index (χ0v) is 13.9. The number of aromatic nitrogens is 4. The fourth-order valence-electron chi connectivity index (χ4n) is 2.13. The molecule has 2 aromatic heterocycles. The Balaban J connectivity index is 1.90. The van der Waals surface area contributed by atoms with E-state index in [1.54, 1.807) is 6.07 Å². The fourth-order valence-corrected chi connectivity index (χ4v) is 2.13. The number of benzene rings is 1. The van der Waals surface area contributed by atoms with Gasteiger partial charge in [-0.05, 0) is 30.3 Å². The van der Waals surface area contributed by atoms with Crippen LogP contribution in [0.15, 0.2) is 48.9 Å². The number of hydrogen-bond acceptors (Lipinski definition) is 7. The van der Waals surface area contributed by atoms with Gasteiger partial charge in [-0.15, -0.1) is 13.2 Å². The second kappa shape index (κ2) is 7.86. The molecule has 0 bridgehead atoms. The highest BCUT2D eigenvalue weighted by atomic mass is 19.4. The van der Waals surface area contributed by atoms with E-state index in [1.807, 2.05) is 0 Å². The predicted molar refractivity (Wildman–Crippen MR) is 87.5 cm³/mol. The number of hydrogen-bond donors (Lipinski definition) is 1. The number of rotatable bonds is 6. The van der Waals surface area contributed by atoms with E-state index in [0.717, 1.165) is 18.3 Å². The predicted octanol–water partition coefficient (Wildman–Crippen LogP) is 3.11. The quantitative estimate of drug-likeness (QED) is 0.682. The molecule has 0 atom stereocenters. The minimum absolute atomic E-state index is 0.0260. The smallest absolute Gasteiger partial charge is 0.476 e. The Kier molecular flexibility index (Phi) is 5.34. The Bertz CT molecular complexity index is 966. The lowest BCUT2D eigenvalue weighted by atomic mass is 10.1. The van der Waals surface area contributed by atoms with Crippen LogP contribution in [0.5, 0.6) is 11.6 Å². The van der Waals surface area contributed by atoms with Crippen molar-refractivity contribution in [3.63, 3.8) is 0 Å². The lowest BCUT2D eigenvalue weighted by molar-refractivity contribution is -0.274. The van der Waals surface area contributed by atoms with Crippen molar-refractivity contribution in [1.29, 1.82) is 0 Å². The third-order valence-corrected chi connectivity index (χ3v) is 3.28. The summed E-state index contributed by atoms with van der Waals surface area (Å²) in [7, 11) is 0. The first kappa shape index (κ1) is 19.0. The average Bonchev–Trinajstić information content (AvgIpc) is 2.66. The highest BCUT2D eigenvalue weighted by molar-refractivity contribution is 5.86. The van der Waals surface area contributed by atoms with Gasteiger partial charge in [-0.3, -0.25) is 0 Å². The molecule has 28 heavy (non-hydrogen) atoms. The SMILES string of the molecule is O=C(O)c1cnc(OCc2ncccn2)c(-c2ccc(OC(F)(F)F)cc2)n1. The summed E-state index contributed by atoms with van der Waals surface area (Å²) < 4.78 is 46.2. The molecular formula is C17H11F3N4O4. The molecule has 0 spiro atoms. The summed E-state index contributed by atoms with van der Waals surface area (Å²) in [5, 5.41) is 9.12.